The third-order valence-corrected chi connectivity index (χ3v) is 6.36. The first-order valence-corrected chi connectivity index (χ1v) is 11.0. The van der Waals surface area contributed by atoms with Gasteiger partial charge in [-0.25, -0.2) is 4.79 Å². The van der Waals surface area contributed by atoms with Gasteiger partial charge in [0, 0.05) is 17.9 Å². The Balaban J connectivity index is 1.65. The van der Waals surface area contributed by atoms with Crippen molar-refractivity contribution in [1.29, 1.82) is 0 Å². The Morgan fingerprint density at radius 1 is 0.938 bits per heavy atom. The van der Waals surface area contributed by atoms with Gasteiger partial charge in [-0.1, -0.05) is 35.2 Å². The minimum Gasteiger partial charge on any atom is -0.496 e. The molecule has 3 aromatic rings. The van der Waals surface area contributed by atoms with Gasteiger partial charge in [0.1, 0.15) is 5.75 Å². The van der Waals surface area contributed by atoms with Crippen LogP contribution < -0.4 is 19.5 Å². The maximum absolute atomic E-state index is 12.8. The number of benzene rings is 2. The minimum absolute atomic E-state index is 0.278. The number of amides is 1. The molecular weight excluding hydrogens is 454 g/mol. The van der Waals surface area contributed by atoms with Gasteiger partial charge in [-0.15, -0.1) is 10.2 Å². The topological polar surface area (TPSA) is 109 Å². The number of hydrogen-bond acceptors (Lipinski definition) is 10. The van der Waals surface area contributed by atoms with E-state index in [9.17, 15) is 9.59 Å². The van der Waals surface area contributed by atoms with E-state index in [2.05, 4.69) is 15.5 Å². The highest BCUT2D eigenvalue weighted by Gasteiger charge is 2.19. The summed E-state index contributed by atoms with van der Waals surface area (Å²) in [6, 6.07) is 10.3. The van der Waals surface area contributed by atoms with E-state index in [1.165, 1.54) is 51.5 Å². The van der Waals surface area contributed by atoms with Crippen molar-refractivity contribution < 1.29 is 28.5 Å². The van der Waals surface area contributed by atoms with Crippen molar-refractivity contribution in [2.75, 3.05) is 33.8 Å². The van der Waals surface area contributed by atoms with Crippen molar-refractivity contribution in [3.05, 3.63) is 53.1 Å². The van der Waals surface area contributed by atoms with Gasteiger partial charge in [-0.3, -0.25) is 10.1 Å². The molecule has 0 radical (unpaired) electrons. The molecule has 168 valence electrons. The highest BCUT2D eigenvalue weighted by Crippen LogP contribution is 2.35. The average molecular weight is 476 g/mol. The molecule has 0 aliphatic carbocycles. The number of hydrogen-bond donors (Lipinski definition) is 1. The van der Waals surface area contributed by atoms with E-state index in [-0.39, 0.29) is 11.5 Å². The molecule has 0 atom stereocenters. The number of anilines is 1. The van der Waals surface area contributed by atoms with Crippen LogP contribution in [0, 0.1) is 0 Å². The van der Waals surface area contributed by atoms with Crippen molar-refractivity contribution in [2.24, 2.45) is 0 Å². The number of methoxy groups -OCH3 is 4. The van der Waals surface area contributed by atoms with Crippen LogP contribution in [0.5, 0.6) is 17.2 Å². The Morgan fingerprint density at radius 2 is 1.59 bits per heavy atom. The number of carbonyl (C=O) groups excluding carboxylic acids is 2. The zero-order valence-corrected chi connectivity index (χ0v) is 19.5. The Morgan fingerprint density at radius 3 is 2.22 bits per heavy atom. The van der Waals surface area contributed by atoms with E-state index < -0.39 is 5.91 Å². The SMILES string of the molecule is COC(=O)c1ccc(CSc2nnc(NC(=O)c3cc(OC)c(OC)cc3OC)s2)cc1. The third kappa shape index (κ3) is 5.48. The lowest BCUT2D eigenvalue weighted by Gasteiger charge is -2.13. The predicted octanol–water partition coefficient (Wildman–Crippen LogP) is 3.90. The number of carbonyl (C=O) groups is 2. The zero-order valence-electron chi connectivity index (χ0n) is 17.8. The number of nitrogens with one attached hydrogen (secondary N) is 1. The van der Waals surface area contributed by atoms with Crippen molar-refractivity contribution in [1.82, 2.24) is 10.2 Å². The second-order valence-corrected chi connectivity index (χ2v) is 8.41. The minimum atomic E-state index is -0.408. The summed E-state index contributed by atoms with van der Waals surface area (Å²) in [5.41, 5.74) is 1.78. The number of rotatable bonds is 9. The summed E-state index contributed by atoms with van der Waals surface area (Å²) < 4.78 is 21.2. The van der Waals surface area contributed by atoms with Crippen LogP contribution in [0.2, 0.25) is 0 Å². The smallest absolute Gasteiger partial charge is 0.337 e. The lowest BCUT2D eigenvalue weighted by molar-refractivity contribution is 0.0600. The fraction of sp³-hybridized carbons (Fsp3) is 0.238. The van der Waals surface area contributed by atoms with Gasteiger partial charge in [0.05, 0.1) is 39.6 Å². The molecule has 0 spiro atoms. The van der Waals surface area contributed by atoms with Gasteiger partial charge >= 0.3 is 5.97 Å². The second-order valence-electron chi connectivity index (χ2n) is 6.21. The van der Waals surface area contributed by atoms with Crippen LogP contribution in [0.3, 0.4) is 0 Å². The Labute approximate surface area is 193 Å². The molecule has 0 saturated carbocycles. The van der Waals surface area contributed by atoms with E-state index in [0.29, 0.717) is 38.0 Å². The van der Waals surface area contributed by atoms with E-state index in [4.69, 9.17) is 18.9 Å². The molecule has 0 fully saturated rings. The number of thioether (sulfide) groups is 1. The largest absolute Gasteiger partial charge is 0.496 e. The van der Waals surface area contributed by atoms with E-state index in [0.717, 1.165) is 5.56 Å². The summed E-state index contributed by atoms with van der Waals surface area (Å²) in [5, 5.41) is 11.2. The summed E-state index contributed by atoms with van der Waals surface area (Å²) in [6.07, 6.45) is 0. The molecule has 0 aliphatic rings. The van der Waals surface area contributed by atoms with Gasteiger partial charge in [-0.2, -0.15) is 0 Å². The van der Waals surface area contributed by atoms with Gasteiger partial charge in [0.15, 0.2) is 15.8 Å². The van der Waals surface area contributed by atoms with Crippen LogP contribution in [0.25, 0.3) is 0 Å². The highest BCUT2D eigenvalue weighted by molar-refractivity contribution is 8.00. The van der Waals surface area contributed by atoms with Gasteiger partial charge in [0.2, 0.25) is 5.13 Å². The van der Waals surface area contributed by atoms with Crippen LogP contribution in [-0.2, 0) is 10.5 Å². The van der Waals surface area contributed by atoms with Crippen LogP contribution in [-0.4, -0.2) is 50.5 Å². The van der Waals surface area contributed by atoms with Crippen LogP contribution in [0.4, 0.5) is 5.13 Å². The molecule has 32 heavy (non-hydrogen) atoms. The molecule has 1 aromatic heterocycles. The molecule has 0 saturated heterocycles. The van der Waals surface area contributed by atoms with Crippen molar-refractivity contribution in [2.45, 2.75) is 10.1 Å². The van der Waals surface area contributed by atoms with Crippen molar-refractivity contribution in [3.8, 4) is 17.2 Å². The summed E-state index contributed by atoms with van der Waals surface area (Å²) in [5.74, 6) is 1.05. The van der Waals surface area contributed by atoms with E-state index >= 15 is 0 Å². The monoisotopic (exact) mass is 475 g/mol. The predicted molar refractivity (Wildman–Crippen MR) is 121 cm³/mol. The molecule has 0 aliphatic heterocycles. The average Bonchev–Trinajstić information content (AvgIpc) is 3.28. The summed E-state index contributed by atoms with van der Waals surface area (Å²) in [4.78, 5) is 24.3. The molecule has 0 unspecified atom stereocenters. The molecule has 9 nitrogen and oxygen atoms in total. The van der Waals surface area contributed by atoms with Gasteiger partial charge in [0.25, 0.3) is 5.91 Å². The lowest BCUT2D eigenvalue weighted by atomic mass is 10.1. The first kappa shape index (κ1) is 23.4. The van der Waals surface area contributed by atoms with Crippen LogP contribution in [0.1, 0.15) is 26.3 Å². The van der Waals surface area contributed by atoms with Crippen LogP contribution in [0.15, 0.2) is 40.7 Å². The number of aromatic nitrogens is 2. The lowest BCUT2D eigenvalue weighted by Crippen LogP contribution is -2.13. The number of esters is 1. The fourth-order valence-electron chi connectivity index (χ4n) is 2.69. The standard InChI is InChI=1S/C21H21N3O6S2/c1-27-15-10-17(29-3)16(28-2)9-14(15)18(25)22-20-23-24-21(32-20)31-11-12-5-7-13(8-6-12)19(26)30-4/h5-10H,11H2,1-4H3,(H,22,23,25). The third-order valence-electron chi connectivity index (χ3n) is 4.31. The summed E-state index contributed by atoms with van der Waals surface area (Å²) in [7, 11) is 5.81. The first-order valence-electron chi connectivity index (χ1n) is 9.24. The van der Waals surface area contributed by atoms with E-state index in [1.807, 2.05) is 12.1 Å². The molecule has 0 bridgehead atoms. The Hall–Kier alpha value is -3.31. The van der Waals surface area contributed by atoms with E-state index in [1.54, 1.807) is 24.3 Å². The molecular formula is C21H21N3O6S2. The molecule has 1 amide bonds. The second kappa shape index (κ2) is 10.8. The highest BCUT2D eigenvalue weighted by atomic mass is 32.2. The van der Waals surface area contributed by atoms with Gasteiger partial charge in [-0.05, 0) is 17.7 Å². The number of nitrogens with zero attached hydrogens (tertiary/aromatic N) is 2. The van der Waals surface area contributed by atoms with Crippen molar-refractivity contribution >= 4 is 40.1 Å². The molecule has 1 heterocycles. The van der Waals surface area contributed by atoms with Crippen molar-refractivity contribution in [3.63, 3.8) is 0 Å². The molecule has 1 N–H and O–H groups in total. The van der Waals surface area contributed by atoms with Crippen LogP contribution >= 0.6 is 23.1 Å². The maximum atomic E-state index is 12.8. The Kier molecular flexibility index (Phi) is 7.90. The fourth-order valence-corrected chi connectivity index (χ4v) is 4.39. The quantitative estimate of drug-likeness (QED) is 0.280. The van der Waals surface area contributed by atoms with Gasteiger partial charge < -0.3 is 18.9 Å². The molecule has 3 rings (SSSR count). The first-order chi connectivity index (χ1) is 15.5. The number of ether oxygens (including phenoxy) is 4. The zero-order chi connectivity index (χ0) is 23.1. The Bertz CT molecular complexity index is 1100. The molecule has 11 heteroatoms. The molecule has 2 aromatic carbocycles. The summed E-state index contributed by atoms with van der Waals surface area (Å²) >= 11 is 2.73. The normalized spacial score (nSPS) is 10.4. The maximum Gasteiger partial charge on any atom is 0.337 e. The summed E-state index contributed by atoms with van der Waals surface area (Å²) in [6.45, 7) is 0.